The molecule has 1 amide bonds. The monoisotopic (exact) mass is 540 g/mol. The van der Waals surface area contributed by atoms with Crippen LogP contribution in [0.25, 0.3) is 10.2 Å². The lowest BCUT2D eigenvalue weighted by molar-refractivity contribution is 0.0985. The van der Waals surface area contributed by atoms with Crippen LogP contribution in [0.1, 0.15) is 31.1 Å². The highest BCUT2D eigenvalue weighted by Crippen LogP contribution is 2.32. The van der Waals surface area contributed by atoms with Gasteiger partial charge in [-0.25, -0.2) is 13.4 Å². The molecule has 1 aromatic heterocycles. The summed E-state index contributed by atoms with van der Waals surface area (Å²) < 4.78 is 33.5. The Balaban J connectivity index is 0.00000432. The normalized spacial score (nSPS) is 11.6. The van der Waals surface area contributed by atoms with E-state index in [4.69, 9.17) is 4.74 Å². The summed E-state index contributed by atoms with van der Waals surface area (Å²) in [4.78, 5) is 22.0. The van der Waals surface area contributed by atoms with E-state index in [1.807, 2.05) is 44.1 Å². The molecule has 0 fully saturated rings. The van der Waals surface area contributed by atoms with Crippen LogP contribution in [0, 0.1) is 0 Å². The molecule has 1 heterocycles. The van der Waals surface area contributed by atoms with Gasteiger partial charge in [0.1, 0.15) is 5.75 Å². The zero-order chi connectivity index (χ0) is 24.9. The van der Waals surface area contributed by atoms with E-state index in [2.05, 4.69) is 4.98 Å². The Kier molecular flexibility index (Phi) is 10.5. The van der Waals surface area contributed by atoms with Gasteiger partial charge < -0.3 is 9.64 Å². The second-order valence-electron chi connectivity index (χ2n) is 7.93. The van der Waals surface area contributed by atoms with Crippen molar-refractivity contribution in [3.05, 3.63) is 48.0 Å². The Morgan fingerprint density at radius 3 is 2.23 bits per heavy atom. The largest absolute Gasteiger partial charge is 0.494 e. The topological polar surface area (TPSA) is 83.0 Å². The summed E-state index contributed by atoms with van der Waals surface area (Å²) in [5.41, 5.74) is 1.21. The van der Waals surface area contributed by atoms with Crippen molar-refractivity contribution in [3.63, 3.8) is 0 Å². The molecule has 0 radical (unpaired) electrons. The Hall–Kier alpha value is -2.24. The van der Waals surface area contributed by atoms with Crippen molar-refractivity contribution in [2.75, 3.05) is 51.8 Å². The smallest absolute Gasteiger partial charge is 0.260 e. The minimum Gasteiger partial charge on any atom is -0.494 e. The third-order valence-corrected chi connectivity index (χ3v) is 8.46. The van der Waals surface area contributed by atoms with Gasteiger partial charge in [-0.05, 0) is 63.5 Å². The number of hydrogen-bond acceptors (Lipinski definition) is 7. The van der Waals surface area contributed by atoms with E-state index in [0.717, 1.165) is 16.0 Å². The van der Waals surface area contributed by atoms with E-state index < -0.39 is 10.0 Å². The van der Waals surface area contributed by atoms with Gasteiger partial charge in [0.25, 0.3) is 5.91 Å². The molecule has 0 atom stereocenters. The highest BCUT2D eigenvalue weighted by molar-refractivity contribution is 7.89. The van der Waals surface area contributed by atoms with Crippen molar-refractivity contribution in [1.82, 2.24) is 14.2 Å². The average Bonchev–Trinajstić information content (AvgIpc) is 3.23. The number of anilines is 1. The van der Waals surface area contributed by atoms with Gasteiger partial charge in [-0.2, -0.15) is 4.31 Å². The van der Waals surface area contributed by atoms with Crippen LogP contribution in [0.4, 0.5) is 5.13 Å². The number of aromatic nitrogens is 1. The van der Waals surface area contributed by atoms with E-state index in [1.54, 1.807) is 30.9 Å². The van der Waals surface area contributed by atoms with E-state index in [-0.39, 0.29) is 23.2 Å². The predicted molar refractivity (Wildman–Crippen MR) is 145 cm³/mol. The number of carbonyl (C=O) groups is 1. The Morgan fingerprint density at radius 2 is 1.66 bits per heavy atom. The molecular formula is C24H33ClN4O4S2. The third-order valence-electron chi connectivity index (χ3n) is 5.35. The number of nitrogens with zero attached hydrogens (tertiary/aromatic N) is 4. The number of sulfonamides is 1. The van der Waals surface area contributed by atoms with Gasteiger partial charge in [0.15, 0.2) is 5.13 Å². The van der Waals surface area contributed by atoms with Crippen molar-refractivity contribution in [2.45, 2.75) is 25.7 Å². The summed E-state index contributed by atoms with van der Waals surface area (Å²) in [5, 5.41) is 0.593. The zero-order valence-corrected chi connectivity index (χ0v) is 23.2. The van der Waals surface area contributed by atoms with Crippen molar-refractivity contribution in [2.24, 2.45) is 0 Å². The number of amides is 1. The van der Waals surface area contributed by atoms with Gasteiger partial charge >= 0.3 is 0 Å². The number of fused-ring (bicyclic) bond motifs is 1. The van der Waals surface area contributed by atoms with Crippen LogP contribution >= 0.6 is 23.7 Å². The number of carbonyl (C=O) groups excluding carboxylic acids is 1. The minimum atomic E-state index is -3.58. The number of benzene rings is 2. The first-order valence-corrected chi connectivity index (χ1v) is 13.6. The molecule has 3 aromatic rings. The maximum atomic E-state index is 13.5. The van der Waals surface area contributed by atoms with Gasteiger partial charge in [0, 0.05) is 31.7 Å². The lowest BCUT2D eigenvalue weighted by Gasteiger charge is -2.22. The van der Waals surface area contributed by atoms with Crippen LogP contribution in [0.15, 0.2) is 47.4 Å². The fourth-order valence-corrected chi connectivity index (χ4v) is 5.96. The van der Waals surface area contributed by atoms with Crippen LogP contribution in [0.2, 0.25) is 0 Å². The summed E-state index contributed by atoms with van der Waals surface area (Å²) in [7, 11) is 0.309. The van der Waals surface area contributed by atoms with E-state index in [1.165, 1.54) is 27.8 Å². The molecule has 0 aliphatic heterocycles. The molecule has 0 saturated carbocycles. The fraction of sp³-hybridized carbons (Fsp3) is 0.417. The molecule has 0 aliphatic rings. The Bertz CT molecular complexity index is 1230. The average molecular weight is 541 g/mol. The second-order valence-corrected chi connectivity index (χ2v) is 10.9. The maximum absolute atomic E-state index is 13.5. The summed E-state index contributed by atoms with van der Waals surface area (Å²) >= 11 is 1.43. The SMILES string of the molecule is CCOc1ccc2nc(N(CCN(C)C)C(=O)c3ccc(S(=O)(=O)N(CC)CC)cc3)sc2c1.Cl. The van der Waals surface area contributed by atoms with Gasteiger partial charge in [-0.1, -0.05) is 25.2 Å². The molecule has 35 heavy (non-hydrogen) atoms. The molecule has 11 heteroatoms. The van der Waals surface area contributed by atoms with Gasteiger partial charge in [-0.15, -0.1) is 12.4 Å². The maximum Gasteiger partial charge on any atom is 0.260 e. The van der Waals surface area contributed by atoms with Crippen LogP contribution in [-0.2, 0) is 10.0 Å². The fourth-order valence-electron chi connectivity index (χ4n) is 3.49. The molecule has 192 valence electrons. The number of rotatable bonds is 11. The van der Waals surface area contributed by atoms with Crippen molar-refractivity contribution in [3.8, 4) is 5.75 Å². The van der Waals surface area contributed by atoms with E-state index in [0.29, 0.717) is 43.5 Å². The first-order valence-electron chi connectivity index (χ1n) is 11.3. The standard InChI is InChI=1S/C24H32N4O4S2.ClH/c1-6-27(7-2)34(30,31)20-12-9-18(10-13-20)23(29)28(16-15-26(4)5)24-25-21-14-11-19(32-8-3)17-22(21)33-24;/h9-14,17H,6-8,15-16H2,1-5H3;1H. The molecule has 0 saturated heterocycles. The Morgan fingerprint density at radius 1 is 1.00 bits per heavy atom. The third kappa shape index (κ3) is 6.71. The van der Waals surface area contributed by atoms with Gasteiger partial charge in [0.05, 0.1) is 21.7 Å². The van der Waals surface area contributed by atoms with Crippen LogP contribution in [-0.4, -0.2) is 75.4 Å². The molecule has 8 nitrogen and oxygen atoms in total. The Labute approximate surface area is 218 Å². The number of halogens is 1. The summed E-state index contributed by atoms with van der Waals surface area (Å²) in [5.74, 6) is 0.541. The molecular weight excluding hydrogens is 508 g/mol. The highest BCUT2D eigenvalue weighted by Gasteiger charge is 2.24. The van der Waals surface area contributed by atoms with Crippen molar-refractivity contribution >= 4 is 55.0 Å². The summed E-state index contributed by atoms with van der Waals surface area (Å²) in [6.45, 7) is 7.99. The predicted octanol–water partition coefficient (Wildman–Crippen LogP) is 4.36. The van der Waals surface area contributed by atoms with Gasteiger partial charge in [0.2, 0.25) is 10.0 Å². The molecule has 0 unspecified atom stereocenters. The first-order chi connectivity index (χ1) is 16.2. The molecule has 0 bridgehead atoms. The zero-order valence-electron chi connectivity index (χ0n) is 20.7. The second kappa shape index (κ2) is 12.6. The first kappa shape index (κ1) is 29.0. The van der Waals surface area contributed by atoms with Crippen LogP contribution in [0.3, 0.4) is 0 Å². The van der Waals surface area contributed by atoms with Crippen molar-refractivity contribution in [1.29, 1.82) is 0 Å². The number of hydrogen-bond donors (Lipinski definition) is 0. The highest BCUT2D eigenvalue weighted by atomic mass is 35.5. The minimum absolute atomic E-state index is 0. The quantitative estimate of drug-likeness (QED) is 0.359. The van der Waals surface area contributed by atoms with Crippen LogP contribution < -0.4 is 9.64 Å². The number of ether oxygens (including phenoxy) is 1. The lowest BCUT2D eigenvalue weighted by atomic mass is 10.2. The number of likely N-dealkylation sites (N-methyl/N-ethyl adjacent to an activating group) is 1. The molecule has 2 aromatic carbocycles. The molecule has 0 N–H and O–H groups in total. The molecule has 0 spiro atoms. The molecule has 3 rings (SSSR count). The number of thiazole rings is 1. The van der Waals surface area contributed by atoms with Gasteiger partial charge in [-0.3, -0.25) is 9.69 Å². The summed E-state index contributed by atoms with van der Waals surface area (Å²) in [6.07, 6.45) is 0. The molecule has 0 aliphatic carbocycles. The van der Waals surface area contributed by atoms with Crippen LogP contribution in [0.5, 0.6) is 5.75 Å². The van der Waals surface area contributed by atoms with E-state index in [9.17, 15) is 13.2 Å². The van der Waals surface area contributed by atoms with E-state index >= 15 is 0 Å². The summed E-state index contributed by atoms with van der Waals surface area (Å²) in [6, 6.07) is 11.8. The van der Waals surface area contributed by atoms with Crippen molar-refractivity contribution < 1.29 is 17.9 Å². The lowest BCUT2D eigenvalue weighted by Crippen LogP contribution is -2.36.